The third-order valence-corrected chi connectivity index (χ3v) is 3.30. The van der Waals surface area contributed by atoms with Crippen molar-refractivity contribution in [3.63, 3.8) is 0 Å². The van der Waals surface area contributed by atoms with Crippen molar-refractivity contribution in [2.75, 3.05) is 6.54 Å². The fourth-order valence-electron chi connectivity index (χ4n) is 1.93. The van der Waals surface area contributed by atoms with Crippen LogP contribution in [0.4, 0.5) is 4.79 Å². The number of rotatable bonds is 5. The Morgan fingerprint density at radius 3 is 2.78 bits per heavy atom. The van der Waals surface area contributed by atoms with Crippen LogP contribution in [-0.2, 0) is 6.42 Å². The Kier molecular flexibility index (Phi) is 4.63. The highest BCUT2D eigenvalue weighted by molar-refractivity contribution is 6.30. The number of carbonyl (C=O) groups excluding carboxylic acids is 1. The Morgan fingerprint density at radius 1 is 1.22 bits per heavy atom. The Labute approximate surface area is 137 Å². The molecule has 0 saturated heterocycles. The van der Waals surface area contributed by atoms with Gasteiger partial charge in [-0.25, -0.2) is 4.79 Å². The van der Waals surface area contributed by atoms with Crippen molar-refractivity contribution in [2.24, 2.45) is 0 Å². The van der Waals surface area contributed by atoms with E-state index in [1.807, 2.05) is 12.1 Å². The van der Waals surface area contributed by atoms with E-state index < -0.39 is 6.09 Å². The molecule has 0 aliphatic carbocycles. The minimum absolute atomic E-state index is 0.0698. The van der Waals surface area contributed by atoms with Gasteiger partial charge in [-0.15, -0.1) is 0 Å². The standard InChI is InChI=1S/C16H13ClN2O4/c17-12-5-3-11(4-6-12)7-8-18-16(20)22-15-10-14(23-19-15)13-2-1-9-21-13/h1-6,9-10H,7-8H2,(H,18,20). The van der Waals surface area contributed by atoms with Gasteiger partial charge < -0.3 is 19.0 Å². The van der Waals surface area contributed by atoms with Gasteiger partial charge >= 0.3 is 6.09 Å². The molecule has 0 atom stereocenters. The molecule has 2 heterocycles. The number of furan rings is 1. The molecular weight excluding hydrogens is 320 g/mol. The molecule has 7 heteroatoms. The molecule has 0 unspecified atom stereocenters. The van der Waals surface area contributed by atoms with E-state index in [-0.39, 0.29) is 5.88 Å². The molecule has 6 nitrogen and oxygen atoms in total. The van der Waals surface area contributed by atoms with Gasteiger partial charge in [0, 0.05) is 11.6 Å². The van der Waals surface area contributed by atoms with Crippen molar-refractivity contribution < 1.29 is 18.5 Å². The first-order valence-electron chi connectivity index (χ1n) is 6.91. The predicted octanol–water partition coefficient (Wildman–Crippen LogP) is 3.92. The van der Waals surface area contributed by atoms with Crippen LogP contribution in [0.3, 0.4) is 0 Å². The second-order valence-electron chi connectivity index (χ2n) is 4.70. The number of amides is 1. The fraction of sp³-hybridized carbons (Fsp3) is 0.125. The van der Waals surface area contributed by atoms with Crippen LogP contribution in [-0.4, -0.2) is 17.8 Å². The molecule has 1 amide bonds. The number of halogens is 1. The molecule has 0 aliphatic rings. The minimum Gasteiger partial charge on any atom is -0.461 e. The topological polar surface area (TPSA) is 77.5 Å². The number of benzene rings is 1. The summed E-state index contributed by atoms with van der Waals surface area (Å²) in [6, 6.07) is 12.3. The first-order valence-corrected chi connectivity index (χ1v) is 7.29. The summed E-state index contributed by atoms with van der Waals surface area (Å²) >= 11 is 5.81. The summed E-state index contributed by atoms with van der Waals surface area (Å²) in [5.41, 5.74) is 1.07. The van der Waals surface area contributed by atoms with E-state index in [0.717, 1.165) is 5.56 Å². The van der Waals surface area contributed by atoms with E-state index in [0.29, 0.717) is 29.5 Å². The minimum atomic E-state index is -0.599. The largest absolute Gasteiger partial charge is 0.461 e. The van der Waals surface area contributed by atoms with Gasteiger partial charge in [-0.1, -0.05) is 23.7 Å². The zero-order valence-electron chi connectivity index (χ0n) is 12.0. The molecule has 3 aromatic rings. The monoisotopic (exact) mass is 332 g/mol. The van der Waals surface area contributed by atoms with Crippen LogP contribution >= 0.6 is 11.6 Å². The molecule has 118 valence electrons. The van der Waals surface area contributed by atoms with Crippen LogP contribution in [0.25, 0.3) is 11.5 Å². The van der Waals surface area contributed by atoms with Crippen molar-refractivity contribution in [3.8, 4) is 17.4 Å². The van der Waals surface area contributed by atoms with Crippen LogP contribution in [0.15, 0.2) is 57.7 Å². The van der Waals surface area contributed by atoms with Gasteiger partial charge in [0.05, 0.1) is 12.3 Å². The summed E-state index contributed by atoms with van der Waals surface area (Å²) in [4.78, 5) is 11.7. The molecule has 0 saturated carbocycles. The Morgan fingerprint density at radius 2 is 2.04 bits per heavy atom. The Balaban J connectivity index is 1.47. The van der Waals surface area contributed by atoms with Crippen LogP contribution < -0.4 is 10.1 Å². The van der Waals surface area contributed by atoms with Crippen LogP contribution in [0.2, 0.25) is 5.02 Å². The summed E-state index contributed by atoms with van der Waals surface area (Å²) in [6.07, 6.45) is 1.59. The molecule has 1 aromatic carbocycles. The second kappa shape index (κ2) is 7.02. The third-order valence-electron chi connectivity index (χ3n) is 3.05. The van der Waals surface area contributed by atoms with E-state index in [1.165, 1.54) is 12.3 Å². The lowest BCUT2D eigenvalue weighted by Crippen LogP contribution is -2.28. The summed E-state index contributed by atoms with van der Waals surface area (Å²) < 4.78 is 15.2. The van der Waals surface area contributed by atoms with Gasteiger partial charge in [0.1, 0.15) is 0 Å². The van der Waals surface area contributed by atoms with Crippen LogP contribution in [0.1, 0.15) is 5.56 Å². The molecular formula is C16H13ClN2O4. The van der Waals surface area contributed by atoms with E-state index >= 15 is 0 Å². The number of hydrogen-bond donors (Lipinski definition) is 1. The average molecular weight is 333 g/mol. The van der Waals surface area contributed by atoms with Crippen molar-refractivity contribution in [2.45, 2.75) is 6.42 Å². The quantitative estimate of drug-likeness (QED) is 0.766. The first-order chi connectivity index (χ1) is 11.2. The molecule has 0 radical (unpaired) electrons. The summed E-state index contributed by atoms with van der Waals surface area (Å²) in [6.45, 7) is 0.434. The average Bonchev–Trinajstić information content (AvgIpc) is 3.20. The van der Waals surface area contributed by atoms with Gasteiger partial charge in [-0.2, -0.15) is 0 Å². The zero-order chi connectivity index (χ0) is 16.1. The number of nitrogens with zero attached hydrogens (tertiary/aromatic N) is 1. The molecule has 0 bridgehead atoms. The molecule has 2 aromatic heterocycles. The highest BCUT2D eigenvalue weighted by Crippen LogP contribution is 2.23. The van der Waals surface area contributed by atoms with E-state index in [1.54, 1.807) is 24.3 Å². The van der Waals surface area contributed by atoms with Gasteiger partial charge in [-0.05, 0) is 41.4 Å². The number of carbonyl (C=O) groups is 1. The first kappa shape index (κ1) is 15.2. The van der Waals surface area contributed by atoms with Gasteiger partial charge in [0.2, 0.25) is 5.76 Å². The number of ether oxygens (including phenoxy) is 1. The normalized spacial score (nSPS) is 10.5. The molecule has 0 spiro atoms. The molecule has 0 fully saturated rings. The highest BCUT2D eigenvalue weighted by Gasteiger charge is 2.12. The van der Waals surface area contributed by atoms with E-state index in [2.05, 4.69) is 10.5 Å². The Hall–Kier alpha value is -2.73. The predicted molar refractivity (Wildman–Crippen MR) is 83.4 cm³/mol. The maximum absolute atomic E-state index is 11.7. The summed E-state index contributed by atoms with van der Waals surface area (Å²) in [5.74, 6) is 0.967. The van der Waals surface area contributed by atoms with E-state index in [4.69, 9.17) is 25.3 Å². The lowest BCUT2D eigenvalue weighted by atomic mass is 10.1. The SMILES string of the molecule is O=C(NCCc1ccc(Cl)cc1)Oc1cc(-c2ccco2)on1. The smallest absolute Gasteiger partial charge is 0.414 e. The molecule has 1 N–H and O–H groups in total. The lowest BCUT2D eigenvalue weighted by Gasteiger charge is -2.04. The maximum atomic E-state index is 11.7. The fourth-order valence-corrected chi connectivity index (χ4v) is 2.06. The lowest BCUT2D eigenvalue weighted by molar-refractivity contribution is 0.196. The summed E-state index contributed by atoms with van der Waals surface area (Å²) in [5, 5.41) is 6.97. The maximum Gasteiger partial charge on any atom is 0.414 e. The summed E-state index contributed by atoms with van der Waals surface area (Å²) in [7, 11) is 0. The molecule has 23 heavy (non-hydrogen) atoms. The number of nitrogens with one attached hydrogen (secondary N) is 1. The van der Waals surface area contributed by atoms with E-state index in [9.17, 15) is 4.79 Å². The van der Waals surface area contributed by atoms with Crippen molar-refractivity contribution in [1.82, 2.24) is 10.5 Å². The van der Waals surface area contributed by atoms with Crippen LogP contribution in [0.5, 0.6) is 5.88 Å². The third kappa shape index (κ3) is 4.14. The number of aromatic nitrogens is 1. The second-order valence-corrected chi connectivity index (χ2v) is 5.14. The highest BCUT2D eigenvalue weighted by atomic mass is 35.5. The van der Waals surface area contributed by atoms with Gasteiger partial charge in [0.15, 0.2) is 5.76 Å². The van der Waals surface area contributed by atoms with Gasteiger partial charge in [-0.3, -0.25) is 0 Å². The van der Waals surface area contributed by atoms with Gasteiger partial charge in [0.25, 0.3) is 5.88 Å². The van der Waals surface area contributed by atoms with Crippen molar-refractivity contribution in [1.29, 1.82) is 0 Å². The molecule has 3 rings (SSSR count). The number of hydrogen-bond acceptors (Lipinski definition) is 5. The van der Waals surface area contributed by atoms with Crippen LogP contribution in [0, 0.1) is 0 Å². The van der Waals surface area contributed by atoms with Crippen molar-refractivity contribution >= 4 is 17.7 Å². The zero-order valence-corrected chi connectivity index (χ0v) is 12.7. The van der Waals surface area contributed by atoms with Crippen molar-refractivity contribution in [3.05, 3.63) is 59.3 Å². The molecule has 0 aliphatic heterocycles. The Bertz CT molecular complexity index is 766.